The molecule has 0 radical (unpaired) electrons. The van der Waals surface area contributed by atoms with Crippen molar-refractivity contribution in [2.24, 2.45) is 17.8 Å². The fourth-order valence-corrected chi connectivity index (χ4v) is 8.69. The van der Waals surface area contributed by atoms with E-state index in [1.165, 1.54) is 35.2 Å². The highest BCUT2D eigenvalue weighted by molar-refractivity contribution is 6.58. The molecule has 0 bridgehead atoms. The standard InChI is InChI=1S/C33H24Cl3FN2O5/c34-25-14-20(40)10-11-22(25)27-21-12-13-23-26(29(42)38(28(23)41)16-17-4-2-1-3-5-17)24(21)15-32(35)30(43)39(31(44)33(27,32)36)19-8-6-18(37)7-9-19/h1-12,14,23-24,26-27,40H,13,15-16H2. The van der Waals surface area contributed by atoms with E-state index in [2.05, 4.69) is 0 Å². The molecule has 7 nitrogen and oxygen atoms in total. The monoisotopic (exact) mass is 652 g/mol. The van der Waals surface area contributed by atoms with Crippen LogP contribution in [0.4, 0.5) is 10.1 Å². The smallest absolute Gasteiger partial charge is 0.258 e. The van der Waals surface area contributed by atoms with E-state index >= 15 is 0 Å². The fourth-order valence-electron chi connectivity index (χ4n) is 7.48. The first-order valence-corrected chi connectivity index (χ1v) is 15.2. The van der Waals surface area contributed by atoms with Gasteiger partial charge in [-0.3, -0.25) is 24.1 Å². The number of nitrogens with zero attached hydrogens (tertiary/aromatic N) is 2. The van der Waals surface area contributed by atoms with Gasteiger partial charge in [-0.2, -0.15) is 0 Å². The number of amides is 4. The Morgan fingerprint density at radius 3 is 2.27 bits per heavy atom. The Morgan fingerprint density at radius 2 is 1.59 bits per heavy atom. The second-order valence-corrected chi connectivity index (χ2v) is 13.4. The lowest BCUT2D eigenvalue weighted by molar-refractivity contribution is -0.141. The molecule has 2 aliphatic carbocycles. The van der Waals surface area contributed by atoms with E-state index in [4.69, 9.17) is 34.8 Å². The summed E-state index contributed by atoms with van der Waals surface area (Å²) in [5.74, 6) is -6.37. The molecule has 44 heavy (non-hydrogen) atoms. The van der Waals surface area contributed by atoms with Crippen molar-refractivity contribution in [2.75, 3.05) is 4.90 Å². The lowest BCUT2D eigenvalue weighted by Gasteiger charge is -2.50. The molecule has 0 spiro atoms. The maximum atomic E-state index is 14.3. The number of rotatable bonds is 4. The van der Waals surface area contributed by atoms with E-state index in [1.807, 2.05) is 36.4 Å². The predicted octanol–water partition coefficient (Wildman–Crippen LogP) is 5.95. The molecule has 3 aromatic rings. The maximum absolute atomic E-state index is 14.3. The van der Waals surface area contributed by atoms with Crippen molar-refractivity contribution in [1.82, 2.24) is 4.90 Å². The number of allylic oxidation sites excluding steroid dienone is 2. The number of aromatic hydroxyl groups is 1. The second-order valence-electron chi connectivity index (χ2n) is 11.7. The van der Waals surface area contributed by atoms with Crippen LogP contribution in [0.3, 0.4) is 0 Å². The summed E-state index contributed by atoms with van der Waals surface area (Å²) in [5, 5.41) is 10.2. The Hall–Kier alpha value is -3.72. The third-order valence-corrected chi connectivity index (χ3v) is 11.2. The van der Waals surface area contributed by atoms with Crippen molar-refractivity contribution in [1.29, 1.82) is 0 Å². The molecule has 1 N–H and O–H groups in total. The van der Waals surface area contributed by atoms with Gasteiger partial charge in [-0.25, -0.2) is 9.29 Å². The van der Waals surface area contributed by atoms with Crippen molar-refractivity contribution >= 4 is 64.1 Å². The Morgan fingerprint density at radius 1 is 0.886 bits per heavy atom. The highest BCUT2D eigenvalue weighted by atomic mass is 35.5. The minimum absolute atomic E-state index is 0.0812. The van der Waals surface area contributed by atoms with Crippen LogP contribution in [0.15, 0.2) is 84.4 Å². The molecule has 0 aromatic heterocycles. The molecule has 11 heteroatoms. The highest BCUT2D eigenvalue weighted by Crippen LogP contribution is 2.66. The molecular weight excluding hydrogens is 630 g/mol. The summed E-state index contributed by atoms with van der Waals surface area (Å²) in [5.41, 5.74) is 1.79. The molecule has 2 saturated heterocycles. The number of carbonyl (C=O) groups is 4. The van der Waals surface area contributed by atoms with Crippen molar-refractivity contribution in [2.45, 2.75) is 35.1 Å². The van der Waals surface area contributed by atoms with Crippen LogP contribution in [0, 0.1) is 23.6 Å². The summed E-state index contributed by atoms with van der Waals surface area (Å²) in [6.07, 6.45) is 1.83. The molecule has 2 aliphatic heterocycles. The van der Waals surface area contributed by atoms with Gasteiger partial charge in [0.15, 0.2) is 9.75 Å². The Labute approximate surface area is 266 Å². The Balaban J connectivity index is 1.38. The number of benzene rings is 3. The van der Waals surface area contributed by atoms with E-state index < -0.39 is 51.1 Å². The molecule has 6 atom stereocenters. The quantitative estimate of drug-likeness (QED) is 0.214. The molecule has 4 aliphatic rings. The van der Waals surface area contributed by atoms with Crippen LogP contribution in [0.2, 0.25) is 5.02 Å². The summed E-state index contributed by atoms with van der Waals surface area (Å²) < 4.78 is 13.8. The van der Waals surface area contributed by atoms with Gasteiger partial charge in [0.25, 0.3) is 11.8 Å². The number of hydrogen-bond donors (Lipinski definition) is 1. The van der Waals surface area contributed by atoms with E-state index in [9.17, 15) is 28.7 Å². The topological polar surface area (TPSA) is 95.0 Å². The first kappa shape index (κ1) is 29.0. The summed E-state index contributed by atoms with van der Waals surface area (Å²) in [4.78, 5) is 54.2. The molecule has 6 unspecified atom stereocenters. The van der Waals surface area contributed by atoms with E-state index in [1.54, 1.807) is 0 Å². The highest BCUT2D eigenvalue weighted by Gasteiger charge is 2.76. The van der Waals surface area contributed by atoms with Crippen molar-refractivity contribution in [3.63, 3.8) is 0 Å². The lowest BCUT2D eigenvalue weighted by atomic mass is 9.56. The minimum Gasteiger partial charge on any atom is -0.508 e. The van der Waals surface area contributed by atoms with Crippen LogP contribution in [0.25, 0.3) is 0 Å². The zero-order valence-electron chi connectivity index (χ0n) is 22.9. The minimum atomic E-state index is -2.11. The predicted molar refractivity (Wildman–Crippen MR) is 162 cm³/mol. The zero-order valence-corrected chi connectivity index (χ0v) is 25.2. The van der Waals surface area contributed by atoms with Crippen LogP contribution in [-0.4, -0.2) is 43.4 Å². The summed E-state index contributed by atoms with van der Waals surface area (Å²) >= 11 is 21.3. The number of halogens is 4. The number of hydrogen-bond acceptors (Lipinski definition) is 5. The molecule has 7 rings (SSSR count). The van der Waals surface area contributed by atoms with Gasteiger partial charge in [0, 0.05) is 10.9 Å². The van der Waals surface area contributed by atoms with Gasteiger partial charge in [0.2, 0.25) is 11.8 Å². The van der Waals surface area contributed by atoms with E-state index in [0.29, 0.717) is 11.1 Å². The summed E-state index contributed by atoms with van der Waals surface area (Å²) in [6, 6.07) is 18.2. The van der Waals surface area contributed by atoms with Crippen molar-refractivity contribution < 1.29 is 28.7 Å². The summed E-state index contributed by atoms with van der Waals surface area (Å²) in [7, 11) is 0. The first-order valence-electron chi connectivity index (χ1n) is 14.1. The number of anilines is 1. The third-order valence-electron chi connectivity index (χ3n) is 9.47. The van der Waals surface area contributed by atoms with Crippen LogP contribution in [0.1, 0.15) is 29.9 Å². The largest absolute Gasteiger partial charge is 0.508 e. The number of likely N-dealkylation sites (tertiary alicyclic amines) is 1. The normalized spacial score (nSPS) is 31.1. The van der Waals surface area contributed by atoms with Crippen molar-refractivity contribution in [3.8, 4) is 5.75 Å². The molecule has 3 fully saturated rings. The van der Waals surface area contributed by atoms with Gasteiger partial charge in [0.05, 0.1) is 24.1 Å². The Kier molecular flexibility index (Phi) is 6.70. The van der Waals surface area contributed by atoms with Crippen LogP contribution < -0.4 is 4.90 Å². The van der Waals surface area contributed by atoms with Gasteiger partial charge in [-0.15, -0.1) is 23.2 Å². The molecule has 224 valence electrons. The average Bonchev–Trinajstić information content (AvgIpc) is 3.32. The lowest BCUT2D eigenvalue weighted by Crippen LogP contribution is -2.60. The van der Waals surface area contributed by atoms with Gasteiger partial charge in [0.1, 0.15) is 11.6 Å². The van der Waals surface area contributed by atoms with Gasteiger partial charge < -0.3 is 5.11 Å². The first-order chi connectivity index (χ1) is 21.0. The number of phenolic OH excluding ortho intramolecular Hbond substituents is 1. The molecule has 4 amide bonds. The van der Waals surface area contributed by atoms with Gasteiger partial charge in [-0.1, -0.05) is 59.6 Å². The van der Waals surface area contributed by atoms with Crippen LogP contribution in [-0.2, 0) is 25.7 Å². The van der Waals surface area contributed by atoms with Crippen LogP contribution in [0.5, 0.6) is 5.75 Å². The average molecular weight is 654 g/mol. The number of imide groups is 2. The second kappa shape index (κ2) is 10.2. The number of carbonyl (C=O) groups excluding carboxylic acids is 4. The molecule has 3 aromatic carbocycles. The SMILES string of the molecule is O=C1C2CC=C3C(CC4(Cl)C(=O)N(c5ccc(F)cc5)C(=O)C4(Cl)C3c3ccc(O)cc3Cl)C2C(=O)N1Cc1ccccc1. The molecule has 2 heterocycles. The molecular formula is C33H24Cl3FN2O5. The number of phenols is 1. The van der Waals surface area contributed by atoms with Crippen LogP contribution >= 0.6 is 34.8 Å². The van der Waals surface area contributed by atoms with E-state index in [-0.39, 0.29) is 47.7 Å². The maximum Gasteiger partial charge on any atom is 0.258 e. The fraction of sp³-hybridized carbons (Fsp3) is 0.273. The van der Waals surface area contributed by atoms with Gasteiger partial charge in [-0.05, 0) is 66.3 Å². The van der Waals surface area contributed by atoms with Crippen molar-refractivity contribution in [3.05, 3.63) is 106 Å². The molecule has 1 saturated carbocycles. The Bertz CT molecular complexity index is 1780. The zero-order chi connectivity index (χ0) is 31.1. The third kappa shape index (κ3) is 3.93. The number of fused-ring (bicyclic) bond motifs is 4. The van der Waals surface area contributed by atoms with E-state index in [0.717, 1.165) is 22.6 Å². The summed E-state index contributed by atoms with van der Waals surface area (Å²) in [6.45, 7) is 0.0992. The van der Waals surface area contributed by atoms with Gasteiger partial charge >= 0.3 is 0 Å². The number of alkyl halides is 2.